The Morgan fingerprint density at radius 2 is 0.722 bits per heavy atom. The molecule has 12 nitrogen and oxygen atoms in total. The van der Waals surface area contributed by atoms with Crippen molar-refractivity contribution in [3.8, 4) is 0 Å². The molecule has 8 aromatic rings. The summed E-state index contributed by atoms with van der Waals surface area (Å²) in [4.78, 5) is 36.4. The number of carbonyl (C=O) groups is 2. The molecular formula is C95H105AlN8O4. The van der Waals surface area contributed by atoms with Crippen LogP contribution in [-0.2, 0) is 78.5 Å². The number of methoxy groups -OCH3 is 2. The molecule has 4 saturated heterocycles. The quantitative estimate of drug-likeness (QED) is 0.120. The zero-order valence-corrected chi connectivity index (χ0v) is 66.2. The number of amides is 2. The summed E-state index contributed by atoms with van der Waals surface area (Å²) in [5.41, 5.74) is 29.1. The van der Waals surface area contributed by atoms with E-state index in [1.807, 2.05) is 9.80 Å². The molecule has 8 aliphatic carbocycles. The zero-order valence-electron chi connectivity index (χ0n) is 64.2. The van der Waals surface area contributed by atoms with Gasteiger partial charge in [-0.3, -0.25) is 19.6 Å². The number of nitrogens with zero attached hydrogens (tertiary/aromatic N) is 4. The van der Waals surface area contributed by atoms with Gasteiger partial charge >= 0.3 is 12.2 Å². The maximum absolute atomic E-state index is 13.9. The highest BCUT2D eigenvalue weighted by Crippen LogP contribution is 2.75. The number of rotatable bonds is 6. The van der Waals surface area contributed by atoms with Crippen molar-refractivity contribution in [2.75, 3.05) is 75.8 Å². The minimum Gasteiger partial charge on any atom is -0.453 e. The van der Waals surface area contributed by atoms with Gasteiger partial charge in [-0.1, -0.05) is 183 Å². The molecule has 16 aliphatic rings. The lowest BCUT2D eigenvalue weighted by molar-refractivity contribution is 0.0993. The van der Waals surface area contributed by atoms with Crippen LogP contribution in [0.3, 0.4) is 0 Å². The van der Waals surface area contributed by atoms with E-state index in [1.165, 1.54) is 166 Å². The molecule has 2 amide bonds. The average Bonchev–Trinajstić information content (AvgIpc) is 1.49. The lowest BCUT2D eigenvalue weighted by Gasteiger charge is -2.49. The van der Waals surface area contributed by atoms with Gasteiger partial charge in [0.15, 0.2) is 0 Å². The monoisotopic (exact) mass is 1450 g/mol. The molecule has 16 atom stereocenters. The SMILES string of the molecule is CN1CC[C@]2(c3cccc4c3N[C@H]3N(C)CC[C@@]43[C@]34CCC[C@H]3Cc3c([C@]56CCCC5Cc5ccccc56)cccc34)c3ccccc3NC12.COC(=O)N1CC[C@]2(c3cccc4c3N[C@H]3N(C(=O)OC)CC[C@@]43[C@]34CCC[C@H]3Cc3c([C@]56CCCC5Cc5ccccc56)cccc34)c3ccccc3NC12.[CH3][AlH2]. The van der Waals surface area contributed by atoms with Crippen molar-refractivity contribution in [1.82, 2.24) is 19.6 Å². The molecule has 552 valence electrons. The summed E-state index contributed by atoms with van der Waals surface area (Å²) in [6, 6.07) is 66.2. The van der Waals surface area contributed by atoms with Crippen molar-refractivity contribution in [2.24, 2.45) is 23.7 Å². The van der Waals surface area contributed by atoms with Crippen LogP contribution in [0, 0.1) is 23.7 Å². The molecule has 8 fully saturated rings. The number of hydrogen-bond donors (Lipinski definition) is 4. The van der Waals surface area contributed by atoms with Gasteiger partial charge in [-0.2, -0.15) is 0 Å². The third-order valence-corrected chi connectivity index (χ3v) is 33.4. The van der Waals surface area contributed by atoms with Crippen molar-refractivity contribution in [3.05, 3.63) is 259 Å². The van der Waals surface area contributed by atoms with Gasteiger partial charge in [-0.05, 0) is 242 Å². The Morgan fingerprint density at radius 3 is 1.27 bits per heavy atom. The van der Waals surface area contributed by atoms with Gasteiger partial charge in [0.2, 0.25) is 16.3 Å². The molecule has 4 unspecified atom stereocenters. The second-order valence-electron chi connectivity index (χ2n) is 35.9. The van der Waals surface area contributed by atoms with E-state index in [-0.39, 0.29) is 68.6 Å². The fraction of sp³-hybridized carbons (Fsp3) is 0.474. The largest absolute Gasteiger partial charge is 0.453 e. The predicted octanol–water partition coefficient (Wildman–Crippen LogP) is 16.6. The van der Waals surface area contributed by atoms with Crippen LogP contribution in [0.4, 0.5) is 32.3 Å². The molecule has 0 radical (unpaired) electrons. The number of ether oxygens (including phenoxy) is 2. The Balaban J connectivity index is 0.000000132. The Hall–Kier alpha value is -8.05. The van der Waals surface area contributed by atoms with E-state index < -0.39 is 5.41 Å². The fourth-order valence-corrected chi connectivity index (χ4v) is 30.1. The summed E-state index contributed by atoms with van der Waals surface area (Å²) >= 11 is 1.31. The van der Waals surface area contributed by atoms with Crippen LogP contribution in [0.2, 0.25) is 5.79 Å². The van der Waals surface area contributed by atoms with Gasteiger partial charge in [-0.25, -0.2) is 9.59 Å². The van der Waals surface area contributed by atoms with Crippen LogP contribution in [0.15, 0.2) is 170 Å². The van der Waals surface area contributed by atoms with Crippen molar-refractivity contribution in [1.29, 1.82) is 0 Å². The first-order valence-corrected chi connectivity index (χ1v) is 44.0. The van der Waals surface area contributed by atoms with Crippen LogP contribution in [0.25, 0.3) is 0 Å². The van der Waals surface area contributed by atoms with E-state index in [1.54, 1.807) is 61.2 Å². The number of carbonyl (C=O) groups excluding carboxylic acids is 2. The Morgan fingerprint density at radius 1 is 0.343 bits per heavy atom. The average molecular weight is 1450 g/mol. The highest BCUT2D eigenvalue weighted by Gasteiger charge is 2.74. The van der Waals surface area contributed by atoms with E-state index in [0.29, 0.717) is 37.0 Å². The van der Waals surface area contributed by atoms with Gasteiger partial charge in [-0.15, -0.1) is 5.79 Å². The van der Waals surface area contributed by atoms with Gasteiger partial charge < -0.3 is 30.7 Å². The van der Waals surface area contributed by atoms with Gasteiger partial charge in [0.05, 0.1) is 37.4 Å². The Kier molecular flexibility index (Phi) is 14.7. The molecular weight excluding hydrogens is 1340 g/mol. The van der Waals surface area contributed by atoms with Crippen molar-refractivity contribution >= 4 is 51.2 Å². The number of fused-ring (bicyclic) bond motifs is 26. The first-order valence-electron chi connectivity index (χ1n) is 42.0. The highest BCUT2D eigenvalue weighted by atomic mass is 27.0. The second kappa shape index (κ2) is 23.7. The topological polar surface area (TPSA) is 114 Å². The molecule has 0 aromatic heterocycles. The predicted molar refractivity (Wildman–Crippen MR) is 432 cm³/mol. The minimum absolute atomic E-state index is 0.0535. The molecule has 0 bridgehead atoms. The summed E-state index contributed by atoms with van der Waals surface area (Å²) in [6.07, 6.45) is 23.7. The van der Waals surface area contributed by atoms with Crippen LogP contribution in [-0.4, -0.2) is 127 Å². The summed E-state index contributed by atoms with van der Waals surface area (Å²) in [6.45, 7) is 3.49. The lowest BCUT2D eigenvalue weighted by atomic mass is 9.53. The number of nitrogens with one attached hydrogen (secondary N) is 4. The summed E-state index contributed by atoms with van der Waals surface area (Å²) in [5, 5.41) is 16.3. The molecule has 8 aliphatic heterocycles. The van der Waals surface area contributed by atoms with Crippen LogP contribution in [0.1, 0.15) is 192 Å². The van der Waals surface area contributed by atoms with Crippen molar-refractivity contribution in [2.45, 2.75) is 202 Å². The molecule has 8 aromatic carbocycles. The van der Waals surface area contributed by atoms with Gasteiger partial charge in [0, 0.05) is 81.4 Å². The summed E-state index contributed by atoms with van der Waals surface area (Å²) in [5.74, 6) is 4.72. The fourth-order valence-electron chi connectivity index (χ4n) is 30.1. The maximum Gasteiger partial charge on any atom is 0.411 e. The number of anilines is 4. The molecule has 0 spiro atoms. The van der Waals surface area contributed by atoms with Crippen LogP contribution >= 0.6 is 0 Å². The van der Waals surface area contributed by atoms with E-state index in [9.17, 15) is 9.59 Å². The number of hydrogen-bond acceptors (Lipinski definition) is 10. The number of para-hydroxylation sites is 4. The second-order valence-corrected chi connectivity index (χ2v) is 35.9. The highest BCUT2D eigenvalue weighted by molar-refractivity contribution is 6.05. The molecule has 4 saturated carbocycles. The Labute approximate surface area is 646 Å². The van der Waals surface area contributed by atoms with Gasteiger partial charge in [0.1, 0.15) is 12.3 Å². The normalized spacial score (nSPS) is 35.9. The summed E-state index contributed by atoms with van der Waals surface area (Å²) in [7, 11) is 7.72. The number of benzene rings is 8. The van der Waals surface area contributed by atoms with Crippen molar-refractivity contribution in [3.63, 3.8) is 0 Å². The van der Waals surface area contributed by atoms with E-state index in [2.05, 4.69) is 221 Å². The third kappa shape index (κ3) is 7.87. The van der Waals surface area contributed by atoms with Crippen molar-refractivity contribution < 1.29 is 19.1 Å². The molecule has 108 heavy (non-hydrogen) atoms. The third-order valence-electron chi connectivity index (χ3n) is 33.4. The number of likely N-dealkylation sites (tertiary alicyclic amines) is 4. The number of likely N-dealkylation sites (N-methyl/N-ethyl adjacent to an activating group) is 2. The lowest BCUT2D eigenvalue weighted by Crippen LogP contribution is -2.57. The molecule has 8 heterocycles. The van der Waals surface area contributed by atoms with E-state index >= 15 is 0 Å². The Bertz CT molecular complexity index is 5100. The van der Waals surface area contributed by atoms with E-state index in [4.69, 9.17) is 9.47 Å². The molecule has 4 N–H and O–H groups in total. The maximum atomic E-state index is 13.9. The standard InChI is InChI=1S/C48H50N4O4.C46H50N4.CH3.Al.2H/c1-55-43(53)51-25-23-46(36-15-5-6-20-39(36)49-41(46)51)37-18-8-19-38-40(37)50-42-48(38,24-26-52(42)44(54)56-2)47-22-10-13-31(47)28-32-34(16-7-17-35(32)47)45-21-9-12-30(45)27-29-11-3-4-14-33(29)45;1-49-25-23-44(36-15-5-6-20-39(36)47-41(44)49)37-18-8-19-38-40(37)48-42-46(38,24-26-50(42)2)45-22-10-13-31(45)28-32-34(16-7-17-35(32)45)43-21-9-12-30(43)27-29-11-3-4-14-33(29)43;;;;/h3-8,11,14-20,30-31,41-42,49-50H,9-10,12-13,21-28H2,1-2H3;3-8,11,14-20,30-31,41-42,47-48H,9-10,12-13,21-28H2,1-2H3;1H3;;;/t30?,31-,41?,42-,45+,46+,47+,48+;30?,31-,41?,42-,43+,44+,45+,46+;;;;/m00..../s1. The minimum atomic E-state index is -0.501. The van der Waals surface area contributed by atoms with Crippen LogP contribution in [0.5, 0.6) is 0 Å². The zero-order chi connectivity index (χ0) is 72.6. The first-order chi connectivity index (χ1) is 53.0. The molecule has 13 heteroatoms. The molecule has 24 rings (SSSR count). The summed E-state index contributed by atoms with van der Waals surface area (Å²) < 4.78 is 10.9. The van der Waals surface area contributed by atoms with Crippen LogP contribution < -0.4 is 21.3 Å². The van der Waals surface area contributed by atoms with E-state index in [0.717, 1.165) is 62.5 Å². The first kappa shape index (κ1) is 66.9. The smallest absolute Gasteiger partial charge is 0.411 e. The van der Waals surface area contributed by atoms with Gasteiger partial charge in [0.25, 0.3) is 0 Å².